The van der Waals surface area contributed by atoms with Gasteiger partial charge in [0.25, 0.3) is 0 Å². The van der Waals surface area contributed by atoms with Crippen molar-refractivity contribution in [1.29, 1.82) is 0 Å². The predicted molar refractivity (Wildman–Crippen MR) is 82.0 cm³/mol. The molecule has 5 heteroatoms. The van der Waals surface area contributed by atoms with Gasteiger partial charge in [0.15, 0.2) is 0 Å². The van der Waals surface area contributed by atoms with Crippen LogP contribution >= 0.6 is 11.6 Å². The monoisotopic (exact) mass is 286 g/mol. The zero-order chi connectivity index (χ0) is 14.4. The van der Waals surface area contributed by atoms with Crippen molar-refractivity contribution in [3.05, 3.63) is 16.9 Å². The fourth-order valence-electron chi connectivity index (χ4n) is 2.06. The molecular formula is C14H27ClN4. The molecule has 0 aliphatic carbocycles. The van der Waals surface area contributed by atoms with E-state index in [0.29, 0.717) is 12.0 Å². The molecule has 0 radical (unpaired) electrons. The molecule has 1 heterocycles. The lowest BCUT2D eigenvalue weighted by Crippen LogP contribution is -2.25. The molecule has 1 N–H and O–H groups in total. The van der Waals surface area contributed by atoms with E-state index in [4.69, 9.17) is 11.6 Å². The first-order chi connectivity index (χ1) is 8.91. The minimum atomic E-state index is 0.420. The number of hydrogen-bond donors (Lipinski definition) is 1. The number of rotatable bonds is 8. The van der Waals surface area contributed by atoms with Crippen LogP contribution in [0.25, 0.3) is 0 Å². The predicted octanol–water partition coefficient (Wildman–Crippen LogP) is 2.59. The van der Waals surface area contributed by atoms with Gasteiger partial charge < -0.3 is 10.2 Å². The number of halogens is 1. The van der Waals surface area contributed by atoms with Crippen LogP contribution in [0, 0.1) is 0 Å². The van der Waals surface area contributed by atoms with E-state index >= 15 is 0 Å². The van der Waals surface area contributed by atoms with Crippen molar-refractivity contribution in [1.82, 2.24) is 20.0 Å². The first-order valence-electron chi connectivity index (χ1n) is 7.01. The van der Waals surface area contributed by atoms with Crippen LogP contribution in [0.15, 0.2) is 6.20 Å². The smallest absolute Gasteiger partial charge is 0.0820 e. The highest BCUT2D eigenvalue weighted by Crippen LogP contribution is 2.26. The molecule has 110 valence electrons. The van der Waals surface area contributed by atoms with Crippen LogP contribution in [-0.2, 0) is 6.54 Å². The molecule has 1 atom stereocenters. The SMILES string of the molecule is CC(C)NCCC(C)c1c(Cl)cnn1CCN(C)C. The summed E-state index contributed by atoms with van der Waals surface area (Å²) in [5.41, 5.74) is 1.16. The van der Waals surface area contributed by atoms with E-state index in [1.54, 1.807) is 6.20 Å². The van der Waals surface area contributed by atoms with E-state index in [2.05, 4.69) is 50.2 Å². The molecule has 0 aromatic carbocycles. The normalized spacial score (nSPS) is 13.5. The molecule has 0 saturated heterocycles. The Morgan fingerprint density at radius 2 is 2.05 bits per heavy atom. The molecule has 0 amide bonds. The summed E-state index contributed by atoms with van der Waals surface area (Å²) in [4.78, 5) is 2.16. The zero-order valence-electron chi connectivity index (χ0n) is 12.8. The molecule has 0 fully saturated rings. The van der Waals surface area contributed by atoms with E-state index < -0.39 is 0 Å². The van der Waals surface area contributed by atoms with E-state index in [9.17, 15) is 0 Å². The molecule has 0 saturated carbocycles. The molecule has 1 aromatic heterocycles. The van der Waals surface area contributed by atoms with E-state index in [1.807, 2.05) is 4.68 Å². The summed E-state index contributed by atoms with van der Waals surface area (Å²) in [5.74, 6) is 0.420. The number of nitrogens with zero attached hydrogens (tertiary/aromatic N) is 3. The standard InChI is InChI=1S/C14H27ClN4/c1-11(2)16-7-6-12(3)14-13(15)10-17-19(14)9-8-18(4)5/h10-12,16H,6-9H2,1-5H3. The second-order valence-corrected chi connectivity index (χ2v) is 6.11. The Bertz CT molecular complexity index is 374. The third-order valence-corrected chi connectivity index (χ3v) is 3.48. The Hall–Kier alpha value is -0.580. The third-order valence-electron chi connectivity index (χ3n) is 3.19. The Morgan fingerprint density at radius 3 is 2.63 bits per heavy atom. The van der Waals surface area contributed by atoms with Gasteiger partial charge >= 0.3 is 0 Å². The average molecular weight is 287 g/mol. The first-order valence-corrected chi connectivity index (χ1v) is 7.39. The van der Waals surface area contributed by atoms with Gasteiger partial charge in [0, 0.05) is 18.5 Å². The molecule has 19 heavy (non-hydrogen) atoms. The summed E-state index contributed by atoms with van der Waals surface area (Å²) in [5, 5.41) is 8.62. The maximum Gasteiger partial charge on any atom is 0.0820 e. The summed E-state index contributed by atoms with van der Waals surface area (Å²) < 4.78 is 2.04. The van der Waals surface area contributed by atoms with Crippen molar-refractivity contribution in [2.45, 2.75) is 45.7 Å². The van der Waals surface area contributed by atoms with Crippen LogP contribution in [0.4, 0.5) is 0 Å². The summed E-state index contributed by atoms with van der Waals surface area (Å²) >= 11 is 6.28. The van der Waals surface area contributed by atoms with Gasteiger partial charge in [0.2, 0.25) is 0 Å². The molecule has 1 rings (SSSR count). The highest BCUT2D eigenvalue weighted by molar-refractivity contribution is 6.31. The number of hydrogen-bond acceptors (Lipinski definition) is 3. The number of likely N-dealkylation sites (N-methyl/N-ethyl adjacent to an activating group) is 1. The lowest BCUT2D eigenvalue weighted by molar-refractivity contribution is 0.365. The third kappa shape index (κ3) is 5.51. The van der Waals surface area contributed by atoms with Crippen molar-refractivity contribution in [3.8, 4) is 0 Å². The van der Waals surface area contributed by atoms with Gasteiger partial charge in [0.05, 0.1) is 23.5 Å². The molecule has 0 aliphatic rings. The van der Waals surface area contributed by atoms with Crippen molar-refractivity contribution < 1.29 is 0 Å². The Balaban J connectivity index is 2.61. The molecule has 1 unspecified atom stereocenters. The van der Waals surface area contributed by atoms with Gasteiger partial charge in [-0.15, -0.1) is 0 Å². The van der Waals surface area contributed by atoms with Crippen LogP contribution in [0.1, 0.15) is 38.8 Å². The Labute approximate surface area is 122 Å². The quantitative estimate of drug-likeness (QED) is 0.797. The van der Waals surface area contributed by atoms with Gasteiger partial charge in [-0.1, -0.05) is 32.4 Å². The number of nitrogens with one attached hydrogen (secondary N) is 1. The maximum absolute atomic E-state index is 6.28. The maximum atomic E-state index is 6.28. The van der Waals surface area contributed by atoms with Gasteiger partial charge in [-0.2, -0.15) is 5.10 Å². The van der Waals surface area contributed by atoms with Crippen LogP contribution in [0.5, 0.6) is 0 Å². The topological polar surface area (TPSA) is 33.1 Å². The highest BCUT2D eigenvalue weighted by atomic mass is 35.5. The van der Waals surface area contributed by atoms with Crippen molar-refractivity contribution >= 4 is 11.6 Å². The van der Waals surface area contributed by atoms with Crippen molar-refractivity contribution in [2.75, 3.05) is 27.2 Å². The lowest BCUT2D eigenvalue weighted by Gasteiger charge is -2.17. The van der Waals surface area contributed by atoms with Gasteiger partial charge in [0.1, 0.15) is 0 Å². The van der Waals surface area contributed by atoms with Gasteiger partial charge in [-0.05, 0) is 27.1 Å². The van der Waals surface area contributed by atoms with Gasteiger partial charge in [-0.25, -0.2) is 0 Å². The minimum Gasteiger partial charge on any atom is -0.315 e. The molecule has 0 aliphatic heterocycles. The Morgan fingerprint density at radius 1 is 1.37 bits per heavy atom. The average Bonchev–Trinajstić information content (AvgIpc) is 2.67. The van der Waals surface area contributed by atoms with Crippen molar-refractivity contribution in [3.63, 3.8) is 0 Å². The summed E-state index contributed by atoms with van der Waals surface area (Å²) in [6.45, 7) is 9.42. The fraction of sp³-hybridized carbons (Fsp3) is 0.786. The molecule has 0 bridgehead atoms. The van der Waals surface area contributed by atoms with Gasteiger partial charge in [-0.3, -0.25) is 4.68 Å². The number of aromatic nitrogens is 2. The second kappa shape index (κ2) is 7.88. The molecule has 4 nitrogen and oxygen atoms in total. The summed E-state index contributed by atoms with van der Waals surface area (Å²) in [7, 11) is 4.14. The zero-order valence-corrected chi connectivity index (χ0v) is 13.5. The minimum absolute atomic E-state index is 0.420. The Kier molecular flexibility index (Phi) is 6.83. The van der Waals surface area contributed by atoms with Crippen LogP contribution in [0.3, 0.4) is 0 Å². The first kappa shape index (κ1) is 16.5. The molecule has 0 spiro atoms. The van der Waals surface area contributed by atoms with E-state index in [1.165, 1.54) is 0 Å². The van der Waals surface area contributed by atoms with Crippen molar-refractivity contribution in [2.24, 2.45) is 0 Å². The van der Waals surface area contributed by atoms with Crippen LogP contribution < -0.4 is 5.32 Å². The van der Waals surface area contributed by atoms with Crippen LogP contribution in [0.2, 0.25) is 5.02 Å². The summed E-state index contributed by atoms with van der Waals surface area (Å²) in [6.07, 6.45) is 2.84. The van der Waals surface area contributed by atoms with E-state index in [0.717, 1.165) is 36.8 Å². The van der Waals surface area contributed by atoms with E-state index in [-0.39, 0.29) is 0 Å². The molecule has 1 aromatic rings. The largest absolute Gasteiger partial charge is 0.315 e. The summed E-state index contributed by atoms with van der Waals surface area (Å²) in [6, 6.07) is 0.529. The highest BCUT2D eigenvalue weighted by Gasteiger charge is 2.16. The van der Waals surface area contributed by atoms with Crippen LogP contribution in [-0.4, -0.2) is 47.9 Å². The lowest BCUT2D eigenvalue weighted by atomic mass is 10.0. The fourth-order valence-corrected chi connectivity index (χ4v) is 2.39. The molecular weight excluding hydrogens is 260 g/mol. The second-order valence-electron chi connectivity index (χ2n) is 5.70.